The molecule has 4 aromatic rings. The van der Waals surface area contributed by atoms with Gasteiger partial charge in [-0.1, -0.05) is 6.07 Å². The fraction of sp³-hybridized carbons (Fsp3) is 0.400. The van der Waals surface area contributed by atoms with Crippen LogP contribution in [0.15, 0.2) is 42.9 Å². The van der Waals surface area contributed by atoms with Gasteiger partial charge in [0.15, 0.2) is 5.65 Å². The number of aromatic nitrogens is 6. The highest BCUT2D eigenvalue weighted by Gasteiger charge is 2.39. The van der Waals surface area contributed by atoms with E-state index in [2.05, 4.69) is 68.3 Å². The molecule has 1 aliphatic heterocycles. The van der Waals surface area contributed by atoms with E-state index < -0.39 is 0 Å². The molecule has 4 heterocycles. The maximum atomic E-state index is 10.7. The molecule has 0 bridgehead atoms. The highest BCUT2D eigenvalue weighted by molar-refractivity contribution is 5.81. The molecule has 0 radical (unpaired) electrons. The van der Waals surface area contributed by atoms with Gasteiger partial charge in [-0.3, -0.25) is 5.10 Å². The van der Waals surface area contributed by atoms with Gasteiger partial charge in [0, 0.05) is 46.9 Å². The minimum absolute atomic E-state index is 0.0270. The van der Waals surface area contributed by atoms with E-state index in [9.17, 15) is 5.11 Å². The molecule has 0 unspecified atom stereocenters. The first-order valence-corrected chi connectivity index (χ1v) is 11.5. The molecule has 0 saturated carbocycles. The number of nitrogens with one attached hydrogen (secondary N) is 2. The van der Waals surface area contributed by atoms with Crippen molar-refractivity contribution in [3.05, 3.63) is 42.9 Å². The van der Waals surface area contributed by atoms with Gasteiger partial charge in [0.1, 0.15) is 11.4 Å². The summed E-state index contributed by atoms with van der Waals surface area (Å²) in [7, 11) is 2.02. The summed E-state index contributed by atoms with van der Waals surface area (Å²) < 4.78 is 0. The first-order chi connectivity index (χ1) is 16.1. The summed E-state index contributed by atoms with van der Waals surface area (Å²) in [6.45, 7) is 8.92. The van der Waals surface area contributed by atoms with Gasteiger partial charge in [-0.2, -0.15) is 5.10 Å². The average molecular weight is 459 g/mol. The lowest BCUT2D eigenvalue weighted by Crippen LogP contribution is -2.62. The third kappa shape index (κ3) is 4.31. The second-order valence-corrected chi connectivity index (χ2v) is 10.5. The van der Waals surface area contributed by atoms with Gasteiger partial charge < -0.3 is 15.3 Å². The van der Waals surface area contributed by atoms with Crippen LogP contribution in [-0.2, 0) is 0 Å². The van der Waals surface area contributed by atoms with Crippen molar-refractivity contribution in [2.24, 2.45) is 0 Å². The van der Waals surface area contributed by atoms with Crippen LogP contribution in [0.25, 0.3) is 33.4 Å². The maximum absolute atomic E-state index is 10.7. The van der Waals surface area contributed by atoms with Crippen LogP contribution in [0.1, 0.15) is 40.5 Å². The molecular weight excluding hydrogens is 428 g/mol. The van der Waals surface area contributed by atoms with Crippen molar-refractivity contribution in [2.45, 2.75) is 57.7 Å². The molecule has 34 heavy (non-hydrogen) atoms. The topological polar surface area (TPSA) is 116 Å². The number of pyridine rings is 1. The Morgan fingerprint density at radius 3 is 2.38 bits per heavy atom. The number of aromatic hydroxyl groups is 1. The average Bonchev–Trinajstić information content (AvgIpc) is 3.24. The first kappa shape index (κ1) is 22.2. The van der Waals surface area contributed by atoms with E-state index in [-0.39, 0.29) is 16.8 Å². The summed E-state index contributed by atoms with van der Waals surface area (Å²) in [5, 5.41) is 31.0. The van der Waals surface area contributed by atoms with Crippen molar-refractivity contribution in [3.63, 3.8) is 0 Å². The molecule has 5 rings (SSSR count). The molecule has 0 spiro atoms. The van der Waals surface area contributed by atoms with Crippen molar-refractivity contribution in [3.8, 4) is 28.1 Å². The molecule has 176 valence electrons. The van der Waals surface area contributed by atoms with Gasteiger partial charge in [0.2, 0.25) is 5.95 Å². The Bertz CT molecular complexity index is 1310. The molecule has 1 aliphatic rings. The van der Waals surface area contributed by atoms with Gasteiger partial charge in [-0.25, -0.2) is 9.97 Å². The molecule has 1 fully saturated rings. The Kier molecular flexibility index (Phi) is 5.24. The predicted molar refractivity (Wildman–Crippen MR) is 133 cm³/mol. The maximum Gasteiger partial charge on any atom is 0.245 e. The number of H-pyrrole nitrogens is 1. The summed E-state index contributed by atoms with van der Waals surface area (Å²) in [5.74, 6) is 0.696. The number of phenolic OH excluding ortho intramolecular Hbond substituents is 1. The van der Waals surface area contributed by atoms with Crippen LogP contribution in [0.3, 0.4) is 0 Å². The molecule has 0 atom stereocenters. The monoisotopic (exact) mass is 458 g/mol. The molecular formula is C25H30N8O. The van der Waals surface area contributed by atoms with Crippen LogP contribution in [0.2, 0.25) is 0 Å². The summed E-state index contributed by atoms with van der Waals surface area (Å²) in [4.78, 5) is 11.1. The summed E-state index contributed by atoms with van der Waals surface area (Å²) in [6.07, 6.45) is 7.12. The van der Waals surface area contributed by atoms with Crippen molar-refractivity contribution >= 4 is 17.0 Å². The lowest BCUT2D eigenvalue weighted by molar-refractivity contribution is 0.160. The van der Waals surface area contributed by atoms with Gasteiger partial charge in [-0.05, 0) is 64.3 Å². The molecule has 1 aromatic carbocycles. The van der Waals surface area contributed by atoms with Crippen LogP contribution in [0.4, 0.5) is 5.95 Å². The smallest absolute Gasteiger partial charge is 0.245 e. The Balaban J connectivity index is 1.37. The number of benzene rings is 1. The zero-order chi connectivity index (χ0) is 24.1. The molecule has 1 saturated heterocycles. The minimum atomic E-state index is 0.0270. The van der Waals surface area contributed by atoms with E-state index >= 15 is 0 Å². The van der Waals surface area contributed by atoms with E-state index in [0.29, 0.717) is 23.2 Å². The Morgan fingerprint density at radius 1 is 0.941 bits per heavy atom. The molecule has 0 amide bonds. The lowest BCUT2D eigenvalue weighted by atomic mass is 9.79. The zero-order valence-corrected chi connectivity index (χ0v) is 20.2. The number of phenols is 1. The van der Waals surface area contributed by atoms with Crippen LogP contribution in [0, 0.1) is 0 Å². The quantitative estimate of drug-likeness (QED) is 0.421. The van der Waals surface area contributed by atoms with E-state index in [1.54, 1.807) is 24.7 Å². The van der Waals surface area contributed by atoms with Crippen molar-refractivity contribution in [1.82, 2.24) is 35.7 Å². The third-order valence-electron chi connectivity index (χ3n) is 6.48. The second kappa shape index (κ2) is 8.02. The van der Waals surface area contributed by atoms with E-state index in [4.69, 9.17) is 0 Å². The van der Waals surface area contributed by atoms with Crippen molar-refractivity contribution in [2.75, 3.05) is 11.9 Å². The number of piperidine rings is 1. The number of rotatable bonds is 4. The number of hydrogen-bond donors (Lipinski definition) is 3. The molecule has 9 heteroatoms. The highest BCUT2D eigenvalue weighted by atomic mass is 16.3. The summed E-state index contributed by atoms with van der Waals surface area (Å²) in [6, 6.07) is 7.75. The molecule has 3 N–H and O–H groups in total. The number of fused-ring (bicyclic) bond motifs is 1. The Hall–Kier alpha value is -3.59. The van der Waals surface area contributed by atoms with Crippen molar-refractivity contribution in [1.29, 1.82) is 0 Å². The van der Waals surface area contributed by atoms with Gasteiger partial charge in [0.25, 0.3) is 0 Å². The van der Waals surface area contributed by atoms with E-state index in [1.165, 1.54) is 0 Å². The van der Waals surface area contributed by atoms with Crippen LogP contribution in [-0.4, -0.2) is 59.6 Å². The Labute approximate surface area is 198 Å². The van der Waals surface area contributed by atoms with Crippen LogP contribution in [0.5, 0.6) is 5.75 Å². The number of aromatic amines is 1. The second-order valence-electron chi connectivity index (χ2n) is 10.5. The van der Waals surface area contributed by atoms with Gasteiger partial charge >= 0.3 is 0 Å². The number of nitrogens with zero attached hydrogens (tertiary/aromatic N) is 6. The normalized spacial score (nSPS) is 17.7. The molecule has 0 aliphatic carbocycles. The molecule has 3 aromatic heterocycles. The minimum Gasteiger partial charge on any atom is -0.507 e. The standard InChI is InChI=1S/C25H30N8O/c1-24(2)10-18(11-25(3,4)32-24)33(5)23-27-14-20(29-31-23)19-7-6-15(9-21(19)34)16-8-17-13-28-30-22(17)26-12-16/h6-9,12-14,18,32,34H,10-11H2,1-5H3,(H,26,28,30). The van der Waals surface area contributed by atoms with Crippen LogP contribution < -0.4 is 10.2 Å². The fourth-order valence-corrected chi connectivity index (χ4v) is 5.18. The highest BCUT2D eigenvalue weighted by Crippen LogP contribution is 2.34. The Morgan fingerprint density at radius 2 is 1.71 bits per heavy atom. The predicted octanol–water partition coefficient (Wildman–Crippen LogP) is 3.93. The summed E-state index contributed by atoms with van der Waals surface area (Å²) >= 11 is 0. The van der Waals surface area contributed by atoms with Crippen molar-refractivity contribution < 1.29 is 5.11 Å². The zero-order valence-electron chi connectivity index (χ0n) is 20.2. The van der Waals surface area contributed by atoms with Gasteiger partial charge in [0.05, 0.1) is 12.4 Å². The third-order valence-corrected chi connectivity index (χ3v) is 6.48. The fourth-order valence-electron chi connectivity index (χ4n) is 5.18. The summed E-state index contributed by atoms with van der Waals surface area (Å²) in [5.41, 5.74) is 3.64. The van der Waals surface area contributed by atoms with E-state index in [1.807, 2.05) is 25.2 Å². The van der Waals surface area contributed by atoms with Crippen LogP contribution >= 0.6 is 0 Å². The van der Waals surface area contributed by atoms with Gasteiger partial charge in [-0.15, -0.1) is 10.2 Å². The number of hydrogen-bond acceptors (Lipinski definition) is 8. The lowest BCUT2D eigenvalue weighted by Gasteiger charge is -2.48. The first-order valence-electron chi connectivity index (χ1n) is 11.5. The van der Waals surface area contributed by atoms with E-state index in [0.717, 1.165) is 35.0 Å². The molecule has 9 nitrogen and oxygen atoms in total. The largest absolute Gasteiger partial charge is 0.507 e. The SMILES string of the molecule is CN(c1ncc(-c2ccc(-c3cnc4[nH]ncc4c3)cc2O)nn1)C1CC(C)(C)NC(C)(C)C1. The number of anilines is 1.